The fraction of sp³-hybridized carbons (Fsp3) is 0.312. The Morgan fingerprint density at radius 3 is 2.22 bits per heavy atom. The van der Waals surface area contributed by atoms with E-state index < -0.39 is 0 Å². The van der Waals surface area contributed by atoms with Gasteiger partial charge in [-0.25, -0.2) is 4.79 Å². The van der Waals surface area contributed by atoms with Crippen LogP contribution in [0.1, 0.15) is 56.0 Å². The van der Waals surface area contributed by atoms with E-state index in [1.165, 1.54) is 11.8 Å². The maximum atomic E-state index is 13.1. The number of ether oxygens (including phenoxy) is 3. The van der Waals surface area contributed by atoms with Crippen molar-refractivity contribution < 1.29 is 23.8 Å². The Morgan fingerprint density at radius 1 is 0.865 bits per heavy atom. The lowest BCUT2D eigenvalue weighted by Crippen LogP contribution is -2.43. The Labute approximate surface area is 218 Å². The normalized spacial score (nSPS) is 21.3. The third kappa shape index (κ3) is 5.61. The third-order valence-electron chi connectivity index (χ3n) is 7.12. The van der Waals surface area contributed by atoms with Crippen LogP contribution in [0, 0.1) is 5.92 Å². The van der Waals surface area contributed by atoms with Crippen molar-refractivity contribution in [1.29, 1.82) is 0 Å². The molecule has 1 saturated carbocycles. The molecule has 3 unspecified atom stereocenters. The minimum Gasteiger partial charge on any atom is -0.493 e. The second-order valence-electron chi connectivity index (χ2n) is 10.8. The predicted molar refractivity (Wildman–Crippen MR) is 142 cm³/mol. The number of rotatable bonds is 5. The SMILES string of the molecule is CC(C)(C)c1ccc(OC2=COC3CC(OC(=O)c4ccc(-c5ccccc5)cc4)CCC3C2=O)cc1. The van der Waals surface area contributed by atoms with Gasteiger partial charge in [-0.3, -0.25) is 4.79 Å². The highest BCUT2D eigenvalue weighted by molar-refractivity contribution is 5.96. The van der Waals surface area contributed by atoms with Gasteiger partial charge in [-0.15, -0.1) is 0 Å². The fourth-order valence-electron chi connectivity index (χ4n) is 4.91. The third-order valence-corrected chi connectivity index (χ3v) is 7.12. The molecule has 3 atom stereocenters. The summed E-state index contributed by atoms with van der Waals surface area (Å²) >= 11 is 0. The van der Waals surface area contributed by atoms with E-state index in [0.717, 1.165) is 11.1 Å². The minimum absolute atomic E-state index is 0.0441. The molecular formula is C32H32O5. The number of carbonyl (C=O) groups excluding carboxylic acids is 2. The van der Waals surface area contributed by atoms with Crippen molar-refractivity contribution in [2.24, 2.45) is 5.92 Å². The monoisotopic (exact) mass is 496 g/mol. The Kier molecular flexibility index (Phi) is 6.88. The first kappa shape index (κ1) is 24.8. The number of fused-ring (bicyclic) bond motifs is 1. The molecule has 5 heteroatoms. The second kappa shape index (κ2) is 10.3. The molecule has 3 aromatic rings. The van der Waals surface area contributed by atoms with Crippen LogP contribution in [-0.4, -0.2) is 24.0 Å². The number of carbonyl (C=O) groups is 2. The molecule has 5 rings (SSSR count). The maximum Gasteiger partial charge on any atom is 0.338 e. The van der Waals surface area contributed by atoms with Crippen LogP contribution in [0.15, 0.2) is 90.9 Å². The van der Waals surface area contributed by atoms with Gasteiger partial charge in [0.05, 0.1) is 11.5 Å². The van der Waals surface area contributed by atoms with Gasteiger partial charge < -0.3 is 14.2 Å². The van der Waals surface area contributed by atoms with Crippen LogP contribution >= 0.6 is 0 Å². The molecule has 0 amide bonds. The largest absolute Gasteiger partial charge is 0.493 e. The lowest BCUT2D eigenvalue weighted by atomic mass is 9.80. The molecule has 0 radical (unpaired) electrons. The first-order valence-corrected chi connectivity index (χ1v) is 12.8. The molecule has 37 heavy (non-hydrogen) atoms. The minimum atomic E-state index is -0.358. The quantitative estimate of drug-likeness (QED) is 0.361. The van der Waals surface area contributed by atoms with Gasteiger partial charge in [-0.05, 0) is 59.2 Å². The summed E-state index contributed by atoms with van der Waals surface area (Å²) in [5, 5.41) is 0. The summed E-state index contributed by atoms with van der Waals surface area (Å²) in [5.41, 5.74) is 3.89. The standard InChI is InChI=1S/C32H32O5/c1-32(2,3)24-13-15-25(16-14-24)36-29-20-35-28-19-26(17-18-27(28)30(29)33)37-31(34)23-11-9-22(10-12-23)21-7-5-4-6-8-21/h4-16,20,26-28H,17-19H2,1-3H3. The number of benzene rings is 3. The molecule has 190 valence electrons. The van der Waals surface area contributed by atoms with Crippen molar-refractivity contribution in [2.45, 2.75) is 57.7 Å². The molecule has 0 N–H and O–H groups in total. The Balaban J connectivity index is 1.18. The van der Waals surface area contributed by atoms with Crippen LogP contribution in [0.4, 0.5) is 0 Å². The van der Waals surface area contributed by atoms with Crippen molar-refractivity contribution in [3.8, 4) is 16.9 Å². The summed E-state index contributed by atoms with van der Waals surface area (Å²) in [7, 11) is 0. The molecule has 0 spiro atoms. The lowest BCUT2D eigenvalue weighted by molar-refractivity contribution is -0.132. The van der Waals surface area contributed by atoms with Gasteiger partial charge in [-0.1, -0.05) is 75.4 Å². The smallest absolute Gasteiger partial charge is 0.338 e. The molecule has 0 saturated heterocycles. The first-order chi connectivity index (χ1) is 17.8. The average molecular weight is 497 g/mol. The van der Waals surface area contributed by atoms with Gasteiger partial charge in [0.1, 0.15) is 24.2 Å². The van der Waals surface area contributed by atoms with Crippen molar-refractivity contribution in [1.82, 2.24) is 0 Å². The molecule has 0 aromatic heterocycles. The van der Waals surface area contributed by atoms with Crippen LogP contribution in [0.5, 0.6) is 5.75 Å². The average Bonchev–Trinajstić information content (AvgIpc) is 2.91. The maximum absolute atomic E-state index is 13.1. The zero-order chi connectivity index (χ0) is 26.0. The zero-order valence-corrected chi connectivity index (χ0v) is 21.5. The summed E-state index contributed by atoms with van der Waals surface area (Å²) < 4.78 is 17.6. The summed E-state index contributed by atoms with van der Waals surface area (Å²) in [5.74, 6) is 0.115. The van der Waals surface area contributed by atoms with Gasteiger partial charge in [0.15, 0.2) is 0 Å². The molecule has 2 aliphatic rings. The predicted octanol–water partition coefficient (Wildman–Crippen LogP) is 6.86. The first-order valence-electron chi connectivity index (χ1n) is 12.8. The van der Waals surface area contributed by atoms with E-state index in [9.17, 15) is 9.59 Å². The van der Waals surface area contributed by atoms with Crippen LogP contribution < -0.4 is 4.74 Å². The van der Waals surface area contributed by atoms with Gasteiger partial charge in [0.2, 0.25) is 11.5 Å². The van der Waals surface area contributed by atoms with E-state index in [4.69, 9.17) is 14.2 Å². The van der Waals surface area contributed by atoms with E-state index in [1.807, 2.05) is 66.7 Å². The highest BCUT2D eigenvalue weighted by Crippen LogP contribution is 2.36. The Hall–Kier alpha value is -3.86. The molecule has 1 aliphatic carbocycles. The second-order valence-corrected chi connectivity index (χ2v) is 10.8. The molecule has 5 nitrogen and oxygen atoms in total. The molecular weight excluding hydrogens is 464 g/mol. The lowest BCUT2D eigenvalue weighted by Gasteiger charge is -2.36. The van der Waals surface area contributed by atoms with E-state index in [-0.39, 0.29) is 41.1 Å². The van der Waals surface area contributed by atoms with Gasteiger partial charge in [0.25, 0.3) is 0 Å². The summed E-state index contributed by atoms with van der Waals surface area (Å²) in [6, 6.07) is 25.2. The van der Waals surface area contributed by atoms with Crippen LogP contribution in [0.2, 0.25) is 0 Å². The summed E-state index contributed by atoms with van der Waals surface area (Å²) in [6.45, 7) is 6.46. The molecule has 1 heterocycles. The van der Waals surface area contributed by atoms with Crippen LogP contribution in [0.25, 0.3) is 11.1 Å². The number of Topliss-reactive ketones (excluding diaryl/α,β-unsaturated/α-hetero) is 1. The zero-order valence-electron chi connectivity index (χ0n) is 21.5. The number of hydrogen-bond donors (Lipinski definition) is 0. The van der Waals surface area contributed by atoms with Crippen molar-refractivity contribution in [3.63, 3.8) is 0 Å². The van der Waals surface area contributed by atoms with Gasteiger partial charge in [0, 0.05) is 6.42 Å². The number of ketones is 1. The Morgan fingerprint density at radius 2 is 1.54 bits per heavy atom. The topological polar surface area (TPSA) is 61.8 Å². The van der Waals surface area contributed by atoms with Gasteiger partial charge in [-0.2, -0.15) is 0 Å². The fourth-order valence-corrected chi connectivity index (χ4v) is 4.91. The summed E-state index contributed by atoms with van der Waals surface area (Å²) in [4.78, 5) is 25.9. The van der Waals surface area contributed by atoms with Crippen LogP contribution in [-0.2, 0) is 19.7 Å². The van der Waals surface area contributed by atoms with E-state index in [1.54, 1.807) is 12.1 Å². The Bertz CT molecular complexity index is 1280. The number of esters is 1. The van der Waals surface area contributed by atoms with Crippen molar-refractivity contribution in [2.75, 3.05) is 0 Å². The highest BCUT2D eigenvalue weighted by Gasteiger charge is 2.42. The summed E-state index contributed by atoms with van der Waals surface area (Å²) in [6.07, 6.45) is 2.46. The molecule has 1 aliphatic heterocycles. The molecule has 1 fully saturated rings. The van der Waals surface area contributed by atoms with Crippen LogP contribution in [0.3, 0.4) is 0 Å². The number of allylic oxidation sites excluding steroid dienone is 1. The van der Waals surface area contributed by atoms with Crippen molar-refractivity contribution >= 4 is 11.8 Å². The van der Waals surface area contributed by atoms with Crippen molar-refractivity contribution in [3.05, 3.63) is 102 Å². The van der Waals surface area contributed by atoms with E-state index in [0.29, 0.717) is 30.6 Å². The molecule has 0 bridgehead atoms. The van der Waals surface area contributed by atoms with E-state index >= 15 is 0 Å². The van der Waals surface area contributed by atoms with E-state index in [2.05, 4.69) is 20.8 Å². The number of hydrogen-bond acceptors (Lipinski definition) is 5. The van der Waals surface area contributed by atoms with Gasteiger partial charge >= 0.3 is 5.97 Å². The molecule has 3 aromatic carbocycles. The highest BCUT2D eigenvalue weighted by atomic mass is 16.6.